The van der Waals surface area contributed by atoms with Gasteiger partial charge in [-0.1, -0.05) is 12.8 Å². The van der Waals surface area contributed by atoms with Crippen LogP contribution in [0.25, 0.3) is 33.6 Å². The number of piperidine rings is 1. The van der Waals surface area contributed by atoms with Crippen molar-refractivity contribution in [3.63, 3.8) is 0 Å². The second-order valence-electron chi connectivity index (χ2n) is 13.3. The maximum atomic E-state index is 13.9. The predicted molar refractivity (Wildman–Crippen MR) is 171 cm³/mol. The van der Waals surface area contributed by atoms with Crippen LogP contribution in [0.4, 0.5) is 0 Å². The van der Waals surface area contributed by atoms with Crippen molar-refractivity contribution in [2.45, 2.75) is 64.2 Å². The molecule has 232 valence electrons. The van der Waals surface area contributed by atoms with Crippen molar-refractivity contribution >= 4 is 33.9 Å². The molecule has 2 aliphatic carbocycles. The van der Waals surface area contributed by atoms with Crippen LogP contribution in [0.3, 0.4) is 0 Å². The highest BCUT2D eigenvalue weighted by Crippen LogP contribution is 2.41. The van der Waals surface area contributed by atoms with Crippen LogP contribution in [0.2, 0.25) is 0 Å². The van der Waals surface area contributed by atoms with Gasteiger partial charge in [-0.05, 0) is 73.8 Å². The lowest BCUT2D eigenvalue weighted by atomic mass is 9.99. The fraction of sp³-hybridized carbons (Fsp3) is 0.486. The summed E-state index contributed by atoms with van der Waals surface area (Å²) in [5.41, 5.74) is 10.6. The number of rotatable bonds is 7. The Kier molecular flexibility index (Phi) is 6.82. The van der Waals surface area contributed by atoms with E-state index in [9.17, 15) is 9.59 Å². The molecule has 10 heteroatoms. The molecule has 45 heavy (non-hydrogen) atoms. The number of imidazole rings is 1. The molecule has 0 radical (unpaired) electrons. The number of carbonyl (C=O) groups is 2. The number of benzene rings is 1. The summed E-state index contributed by atoms with van der Waals surface area (Å²) in [4.78, 5) is 40.2. The minimum Gasteiger partial charge on any atom is -0.494 e. The van der Waals surface area contributed by atoms with E-state index in [1.165, 1.54) is 12.8 Å². The third-order valence-electron chi connectivity index (χ3n) is 10.3. The number of methoxy groups -OCH3 is 1. The number of nitrogens with zero attached hydrogens (tertiary/aromatic N) is 6. The van der Waals surface area contributed by atoms with Gasteiger partial charge < -0.3 is 29.4 Å². The Morgan fingerprint density at radius 3 is 2.58 bits per heavy atom. The molecule has 2 bridgehead atoms. The molecule has 5 heterocycles. The zero-order valence-corrected chi connectivity index (χ0v) is 25.9. The fourth-order valence-corrected chi connectivity index (χ4v) is 7.70. The summed E-state index contributed by atoms with van der Waals surface area (Å²) in [6.45, 7) is 5.47. The standard InChI is InChI=1S/C35H39N7O3/c1-3-4-7-30(43)39-16-22(17-39)19-42-32-26(13-25(15-29(32)45-2)35(44)41-20-24-10-11-27(41)31(24)36)38-34(42)28-14-23-6-5-12-37-33(23)40(28)18-21-8-9-21/h5-6,12-15,21-22,24,27,31H,3,8-11,16-20,36H2,1-2H3/t24-,27-,31-/m1/s1. The first-order chi connectivity index (χ1) is 21.9. The van der Waals surface area contributed by atoms with Crippen LogP contribution >= 0.6 is 0 Å². The lowest BCUT2D eigenvalue weighted by Gasteiger charge is -2.38. The number of carbonyl (C=O) groups excluding carboxylic acids is 2. The summed E-state index contributed by atoms with van der Waals surface area (Å²) >= 11 is 0. The smallest absolute Gasteiger partial charge is 0.298 e. The molecule has 2 aliphatic heterocycles. The molecule has 0 unspecified atom stereocenters. The van der Waals surface area contributed by atoms with Crippen LogP contribution < -0.4 is 10.5 Å². The molecule has 3 aromatic heterocycles. The van der Waals surface area contributed by atoms with Gasteiger partial charge in [-0.15, -0.1) is 0 Å². The predicted octanol–water partition coefficient (Wildman–Crippen LogP) is 3.91. The first-order valence-corrected chi connectivity index (χ1v) is 16.3. The van der Waals surface area contributed by atoms with E-state index < -0.39 is 0 Å². The molecule has 2 saturated heterocycles. The average Bonchev–Trinajstić information content (AvgIpc) is 3.39. The first kappa shape index (κ1) is 28.1. The van der Waals surface area contributed by atoms with E-state index in [4.69, 9.17) is 20.4 Å². The topological polar surface area (TPSA) is 112 Å². The molecule has 2 saturated carbocycles. The van der Waals surface area contributed by atoms with Gasteiger partial charge in [0.05, 0.1) is 18.3 Å². The van der Waals surface area contributed by atoms with Gasteiger partial charge in [0, 0.05) is 74.3 Å². The Morgan fingerprint density at radius 1 is 1.04 bits per heavy atom. The largest absolute Gasteiger partial charge is 0.494 e. The lowest BCUT2D eigenvalue weighted by molar-refractivity contribution is -0.131. The van der Waals surface area contributed by atoms with Crippen molar-refractivity contribution in [1.29, 1.82) is 0 Å². The van der Waals surface area contributed by atoms with E-state index in [0.717, 1.165) is 53.0 Å². The third-order valence-corrected chi connectivity index (χ3v) is 10.3. The highest BCUT2D eigenvalue weighted by atomic mass is 16.5. The SMILES string of the molecule is CCC#CC(=O)N1CC(Cn2c(-c3cc4cccnc4n3CC3CC3)nc3cc(C(=O)N4C[C@H]5CC[C@@H]4[C@@H]5N)cc(OC)c32)C1. The van der Waals surface area contributed by atoms with Gasteiger partial charge >= 0.3 is 0 Å². The third kappa shape index (κ3) is 4.76. The Hall–Kier alpha value is -4.36. The fourth-order valence-electron chi connectivity index (χ4n) is 7.70. The molecule has 10 nitrogen and oxygen atoms in total. The Bertz CT molecular complexity index is 1890. The number of fused-ring (bicyclic) bond motifs is 4. The van der Waals surface area contributed by atoms with Crippen molar-refractivity contribution < 1.29 is 14.3 Å². The zero-order chi connectivity index (χ0) is 30.8. The quantitative estimate of drug-likeness (QED) is 0.320. The number of ether oxygens (including phenoxy) is 1. The highest BCUT2D eigenvalue weighted by molar-refractivity contribution is 6.00. The molecule has 4 aliphatic rings. The van der Waals surface area contributed by atoms with Gasteiger partial charge in [0.2, 0.25) is 0 Å². The van der Waals surface area contributed by atoms with E-state index >= 15 is 0 Å². The number of amides is 2. The summed E-state index contributed by atoms with van der Waals surface area (Å²) in [5.74, 6) is 8.19. The minimum atomic E-state index is -0.115. The van der Waals surface area contributed by atoms with Gasteiger partial charge in [0.1, 0.15) is 16.9 Å². The number of pyridine rings is 1. The molecule has 8 rings (SSSR count). The van der Waals surface area contributed by atoms with Crippen molar-refractivity contribution in [3.05, 3.63) is 42.1 Å². The van der Waals surface area contributed by atoms with Crippen LogP contribution in [0.15, 0.2) is 36.5 Å². The minimum absolute atomic E-state index is 0.0117. The number of aromatic nitrogens is 4. The van der Waals surface area contributed by atoms with Gasteiger partial charge in [-0.2, -0.15) is 0 Å². The number of nitrogens with two attached hydrogens (primary N) is 1. The second kappa shape index (κ2) is 10.9. The second-order valence-corrected chi connectivity index (χ2v) is 13.3. The lowest BCUT2D eigenvalue weighted by Crippen LogP contribution is -2.51. The molecule has 2 N–H and O–H groups in total. The van der Waals surface area contributed by atoms with Crippen LogP contribution in [0, 0.1) is 29.6 Å². The van der Waals surface area contributed by atoms with Crippen molar-refractivity contribution in [2.75, 3.05) is 26.7 Å². The van der Waals surface area contributed by atoms with Gasteiger partial charge in [0.25, 0.3) is 11.8 Å². The van der Waals surface area contributed by atoms with Crippen LogP contribution in [-0.2, 0) is 17.9 Å². The van der Waals surface area contributed by atoms with Crippen LogP contribution in [-0.4, -0.2) is 79.5 Å². The molecule has 0 spiro atoms. The molecule has 1 aromatic carbocycles. The molecular weight excluding hydrogens is 566 g/mol. The number of hydrogen-bond acceptors (Lipinski definition) is 6. The first-order valence-electron chi connectivity index (χ1n) is 16.3. The highest BCUT2D eigenvalue weighted by Gasteiger charge is 2.47. The van der Waals surface area contributed by atoms with Crippen LogP contribution in [0.1, 0.15) is 49.4 Å². The van der Waals surface area contributed by atoms with Gasteiger partial charge in [0.15, 0.2) is 5.82 Å². The molecule has 4 aromatic rings. The average molecular weight is 606 g/mol. The molecule has 3 atom stereocenters. The number of hydrogen-bond donors (Lipinski definition) is 1. The van der Waals surface area contributed by atoms with E-state index in [-0.39, 0.29) is 29.8 Å². The Morgan fingerprint density at radius 2 is 1.87 bits per heavy atom. The van der Waals surface area contributed by atoms with Gasteiger partial charge in [-0.25, -0.2) is 9.97 Å². The summed E-state index contributed by atoms with van der Waals surface area (Å²) < 4.78 is 10.5. The summed E-state index contributed by atoms with van der Waals surface area (Å²) in [6.07, 6.45) is 6.99. The van der Waals surface area contributed by atoms with Crippen molar-refractivity contribution in [2.24, 2.45) is 23.5 Å². The summed E-state index contributed by atoms with van der Waals surface area (Å²) in [6, 6.07) is 10.2. The Labute approximate surface area is 262 Å². The van der Waals surface area contributed by atoms with E-state index in [1.54, 1.807) is 7.11 Å². The van der Waals surface area contributed by atoms with Crippen molar-refractivity contribution in [3.8, 4) is 29.1 Å². The summed E-state index contributed by atoms with van der Waals surface area (Å²) in [5, 5.41) is 1.07. The normalized spacial score (nSPS) is 22.6. The Balaban J connectivity index is 1.22. The monoisotopic (exact) mass is 605 g/mol. The van der Waals surface area contributed by atoms with Crippen molar-refractivity contribution in [1.82, 2.24) is 28.9 Å². The zero-order valence-electron chi connectivity index (χ0n) is 25.9. The van der Waals surface area contributed by atoms with Crippen LogP contribution in [0.5, 0.6) is 5.75 Å². The summed E-state index contributed by atoms with van der Waals surface area (Å²) in [7, 11) is 1.65. The molecule has 4 fully saturated rings. The maximum Gasteiger partial charge on any atom is 0.298 e. The molecule has 2 amide bonds. The maximum absolute atomic E-state index is 13.9. The molecular formula is C35H39N7O3. The van der Waals surface area contributed by atoms with E-state index in [1.807, 2.05) is 41.1 Å². The van der Waals surface area contributed by atoms with E-state index in [2.05, 4.69) is 33.1 Å². The van der Waals surface area contributed by atoms with Gasteiger partial charge in [-0.3, -0.25) is 9.59 Å². The van der Waals surface area contributed by atoms with E-state index in [0.29, 0.717) is 55.7 Å². The number of likely N-dealkylation sites (tertiary alicyclic amines) is 2.